The van der Waals surface area contributed by atoms with Crippen LogP contribution in [0.4, 0.5) is 5.82 Å². The second-order valence-electron chi connectivity index (χ2n) is 5.22. The smallest absolute Gasteiger partial charge is 0.140 e. The van der Waals surface area contributed by atoms with E-state index in [4.69, 9.17) is 4.74 Å². The summed E-state index contributed by atoms with van der Waals surface area (Å²) >= 11 is 0. The molecule has 0 spiro atoms. The molecule has 0 amide bonds. The number of ether oxygens (including phenoxy) is 1. The van der Waals surface area contributed by atoms with Crippen LogP contribution < -0.4 is 4.90 Å². The van der Waals surface area contributed by atoms with Gasteiger partial charge in [0.15, 0.2) is 0 Å². The number of hydrogen-bond acceptors (Lipinski definition) is 4. The number of hydrogen-bond donors (Lipinski definition) is 0. The van der Waals surface area contributed by atoms with Crippen LogP contribution in [0.1, 0.15) is 49.5 Å². The van der Waals surface area contributed by atoms with Gasteiger partial charge in [0.2, 0.25) is 0 Å². The van der Waals surface area contributed by atoms with Crippen LogP contribution in [0.5, 0.6) is 0 Å². The zero-order chi connectivity index (χ0) is 11.2. The molecule has 1 fully saturated rings. The van der Waals surface area contributed by atoms with E-state index in [0.29, 0.717) is 0 Å². The Balaban J connectivity index is 1.85. The van der Waals surface area contributed by atoms with Gasteiger partial charge < -0.3 is 9.64 Å². The molecule has 2 unspecified atom stereocenters. The molecule has 0 radical (unpaired) electrons. The van der Waals surface area contributed by atoms with Crippen molar-refractivity contribution in [1.82, 2.24) is 9.97 Å². The molecule has 4 nitrogen and oxygen atoms in total. The summed E-state index contributed by atoms with van der Waals surface area (Å²) in [4.78, 5) is 11.3. The third kappa shape index (κ3) is 1.40. The molecule has 1 aromatic heterocycles. The normalized spacial score (nSPS) is 30.7. The summed E-state index contributed by atoms with van der Waals surface area (Å²) in [7, 11) is 0. The SMILES string of the molecule is c1nc2c3c(n1)N1CCCCC1OC3CCC2. The van der Waals surface area contributed by atoms with Crippen molar-refractivity contribution in [2.45, 2.75) is 50.9 Å². The average molecular weight is 231 g/mol. The topological polar surface area (TPSA) is 38.2 Å². The second kappa shape index (κ2) is 3.67. The number of piperidine rings is 1. The Kier molecular flexibility index (Phi) is 2.12. The molecule has 90 valence electrons. The Morgan fingerprint density at radius 2 is 2.18 bits per heavy atom. The van der Waals surface area contributed by atoms with Crippen LogP contribution in [0.2, 0.25) is 0 Å². The van der Waals surface area contributed by atoms with E-state index in [1.807, 2.05) is 0 Å². The maximum absolute atomic E-state index is 6.24. The van der Waals surface area contributed by atoms with Gasteiger partial charge in [0.1, 0.15) is 18.4 Å². The number of aryl methyl sites for hydroxylation is 1. The standard InChI is InChI=1S/C13H17N3O/c1-2-7-16-11(6-1)17-10-5-3-4-9-12(10)13(16)15-8-14-9/h8,10-11H,1-7H2. The van der Waals surface area contributed by atoms with Crippen molar-refractivity contribution in [2.75, 3.05) is 11.4 Å². The first kappa shape index (κ1) is 9.83. The van der Waals surface area contributed by atoms with E-state index in [1.54, 1.807) is 6.33 Å². The van der Waals surface area contributed by atoms with E-state index in [2.05, 4.69) is 14.9 Å². The zero-order valence-corrected chi connectivity index (χ0v) is 9.93. The highest BCUT2D eigenvalue weighted by Gasteiger charge is 2.38. The quantitative estimate of drug-likeness (QED) is 0.686. The molecule has 0 saturated carbocycles. The molecule has 3 heterocycles. The molecule has 1 aromatic rings. The van der Waals surface area contributed by atoms with Crippen molar-refractivity contribution in [3.8, 4) is 0 Å². The average Bonchev–Trinajstić information content (AvgIpc) is 2.39. The minimum Gasteiger partial charge on any atom is -0.350 e. The summed E-state index contributed by atoms with van der Waals surface area (Å²) in [5.74, 6) is 1.16. The summed E-state index contributed by atoms with van der Waals surface area (Å²) in [5.41, 5.74) is 2.51. The predicted octanol–water partition coefficient (Wildman–Crippen LogP) is 2.20. The highest BCUT2D eigenvalue weighted by Crippen LogP contribution is 2.44. The lowest BCUT2D eigenvalue weighted by molar-refractivity contribution is -0.0456. The van der Waals surface area contributed by atoms with Crippen LogP contribution in [0, 0.1) is 0 Å². The monoisotopic (exact) mass is 231 g/mol. The number of anilines is 1. The first-order chi connectivity index (χ1) is 8.43. The van der Waals surface area contributed by atoms with Crippen LogP contribution in [-0.2, 0) is 11.2 Å². The molecule has 3 aliphatic rings. The highest BCUT2D eigenvalue weighted by atomic mass is 16.5. The third-order valence-corrected chi connectivity index (χ3v) is 4.19. The van der Waals surface area contributed by atoms with Crippen LogP contribution in [0.25, 0.3) is 0 Å². The Morgan fingerprint density at radius 1 is 1.18 bits per heavy atom. The van der Waals surface area contributed by atoms with E-state index in [1.165, 1.54) is 30.5 Å². The van der Waals surface area contributed by atoms with Crippen molar-refractivity contribution in [1.29, 1.82) is 0 Å². The Labute approximate surface area is 101 Å². The number of aromatic nitrogens is 2. The fraction of sp³-hybridized carbons (Fsp3) is 0.692. The fourth-order valence-electron chi connectivity index (χ4n) is 3.39. The highest BCUT2D eigenvalue weighted by molar-refractivity contribution is 5.53. The summed E-state index contributed by atoms with van der Waals surface area (Å²) < 4.78 is 6.24. The largest absolute Gasteiger partial charge is 0.350 e. The molecule has 1 saturated heterocycles. The Bertz CT molecular complexity index is 448. The van der Waals surface area contributed by atoms with Crippen LogP contribution in [-0.4, -0.2) is 22.7 Å². The van der Waals surface area contributed by atoms with Gasteiger partial charge in [-0.15, -0.1) is 0 Å². The van der Waals surface area contributed by atoms with E-state index in [0.717, 1.165) is 31.6 Å². The van der Waals surface area contributed by atoms with Crippen LogP contribution >= 0.6 is 0 Å². The summed E-state index contributed by atoms with van der Waals surface area (Å²) in [5, 5.41) is 0. The lowest BCUT2D eigenvalue weighted by Crippen LogP contribution is -2.47. The van der Waals surface area contributed by atoms with Gasteiger partial charge in [-0.3, -0.25) is 0 Å². The molecule has 4 heteroatoms. The Hall–Kier alpha value is -1.16. The maximum atomic E-state index is 6.24. The van der Waals surface area contributed by atoms with Crippen molar-refractivity contribution in [3.63, 3.8) is 0 Å². The minimum atomic E-state index is 0.259. The molecule has 0 aromatic carbocycles. The molecule has 4 rings (SSSR count). The molecule has 1 aliphatic carbocycles. The second-order valence-corrected chi connectivity index (χ2v) is 5.22. The van der Waals surface area contributed by atoms with Gasteiger partial charge in [-0.1, -0.05) is 0 Å². The van der Waals surface area contributed by atoms with E-state index >= 15 is 0 Å². The van der Waals surface area contributed by atoms with Crippen molar-refractivity contribution < 1.29 is 4.74 Å². The minimum absolute atomic E-state index is 0.259. The predicted molar refractivity (Wildman–Crippen MR) is 63.8 cm³/mol. The first-order valence-electron chi connectivity index (χ1n) is 6.69. The third-order valence-electron chi connectivity index (χ3n) is 4.19. The molecule has 17 heavy (non-hydrogen) atoms. The lowest BCUT2D eigenvalue weighted by Gasteiger charge is -2.45. The molecule has 0 bridgehead atoms. The maximum Gasteiger partial charge on any atom is 0.140 e. The van der Waals surface area contributed by atoms with Crippen molar-refractivity contribution >= 4 is 5.82 Å². The summed E-state index contributed by atoms with van der Waals surface area (Å²) in [6.45, 7) is 1.08. The van der Waals surface area contributed by atoms with E-state index in [-0.39, 0.29) is 12.3 Å². The Morgan fingerprint density at radius 3 is 3.18 bits per heavy atom. The van der Waals surface area contributed by atoms with Gasteiger partial charge in [0.05, 0.1) is 11.8 Å². The summed E-state index contributed by atoms with van der Waals surface area (Å²) in [6.07, 6.45) is 9.35. The molecule has 2 aliphatic heterocycles. The van der Waals surface area contributed by atoms with Crippen LogP contribution in [0.15, 0.2) is 6.33 Å². The van der Waals surface area contributed by atoms with Crippen molar-refractivity contribution in [3.05, 3.63) is 17.6 Å². The van der Waals surface area contributed by atoms with Crippen LogP contribution in [0.3, 0.4) is 0 Å². The summed E-state index contributed by atoms with van der Waals surface area (Å²) in [6, 6.07) is 0. The van der Waals surface area contributed by atoms with Gasteiger partial charge in [0, 0.05) is 12.1 Å². The lowest BCUT2D eigenvalue weighted by atomic mass is 9.91. The van der Waals surface area contributed by atoms with Gasteiger partial charge in [-0.25, -0.2) is 9.97 Å². The van der Waals surface area contributed by atoms with Crippen molar-refractivity contribution in [2.24, 2.45) is 0 Å². The van der Waals surface area contributed by atoms with Gasteiger partial charge in [-0.05, 0) is 38.5 Å². The number of fused-ring (bicyclic) bond motifs is 2. The van der Waals surface area contributed by atoms with Gasteiger partial charge in [0.25, 0.3) is 0 Å². The van der Waals surface area contributed by atoms with E-state index in [9.17, 15) is 0 Å². The van der Waals surface area contributed by atoms with Gasteiger partial charge >= 0.3 is 0 Å². The van der Waals surface area contributed by atoms with Gasteiger partial charge in [-0.2, -0.15) is 0 Å². The fourth-order valence-corrected chi connectivity index (χ4v) is 3.39. The molecular weight excluding hydrogens is 214 g/mol. The first-order valence-corrected chi connectivity index (χ1v) is 6.69. The number of nitrogens with zero attached hydrogens (tertiary/aromatic N) is 3. The zero-order valence-electron chi connectivity index (χ0n) is 9.93. The number of rotatable bonds is 0. The molecule has 0 N–H and O–H groups in total. The molecule has 2 atom stereocenters. The van der Waals surface area contributed by atoms with E-state index < -0.39 is 0 Å². The molecular formula is C13H17N3O.